The minimum absolute atomic E-state index is 0.0952. The molecule has 102 valence electrons. The van der Waals surface area contributed by atoms with Gasteiger partial charge >= 0.3 is 0 Å². The molecule has 19 heavy (non-hydrogen) atoms. The predicted octanol–water partition coefficient (Wildman–Crippen LogP) is 1.70. The average Bonchev–Trinajstić information content (AvgIpc) is 2.97. The molecule has 1 unspecified atom stereocenters. The number of ether oxygens (including phenoxy) is 1. The van der Waals surface area contributed by atoms with Crippen molar-refractivity contribution in [2.45, 2.75) is 39.5 Å². The predicted molar refractivity (Wildman–Crippen MR) is 70.7 cm³/mol. The molecule has 0 spiro atoms. The molecule has 4 atom stereocenters. The Balaban J connectivity index is 2.12. The first-order valence-electron chi connectivity index (χ1n) is 6.71. The monoisotopic (exact) mass is 262 g/mol. The van der Waals surface area contributed by atoms with E-state index in [1.54, 1.807) is 10.6 Å². The molecule has 1 fully saturated rings. The van der Waals surface area contributed by atoms with Gasteiger partial charge in [0, 0.05) is 12.0 Å². The number of H-pyrrole nitrogens is 1. The van der Waals surface area contributed by atoms with E-state index in [-0.39, 0.29) is 23.8 Å². The Morgan fingerprint density at radius 2 is 2.11 bits per heavy atom. The summed E-state index contributed by atoms with van der Waals surface area (Å²) in [5.74, 6) is 0.689. The van der Waals surface area contributed by atoms with Crippen molar-refractivity contribution < 1.29 is 4.74 Å². The van der Waals surface area contributed by atoms with Crippen molar-refractivity contribution in [1.82, 2.24) is 20.0 Å². The summed E-state index contributed by atoms with van der Waals surface area (Å²) in [7, 11) is 0. The molecule has 1 aliphatic heterocycles. The summed E-state index contributed by atoms with van der Waals surface area (Å²) in [6.45, 7) is 6.40. The Morgan fingerprint density at radius 3 is 2.79 bits per heavy atom. The summed E-state index contributed by atoms with van der Waals surface area (Å²) < 4.78 is 7.68. The Hall–Kier alpha value is -1.69. The fourth-order valence-electron chi connectivity index (χ4n) is 2.89. The van der Waals surface area contributed by atoms with Crippen LogP contribution >= 0.6 is 0 Å². The van der Waals surface area contributed by atoms with Crippen molar-refractivity contribution in [3.8, 4) is 0 Å². The summed E-state index contributed by atoms with van der Waals surface area (Å²) in [6.07, 6.45) is 0.876. The van der Waals surface area contributed by atoms with Gasteiger partial charge in [-0.1, -0.05) is 20.8 Å². The van der Waals surface area contributed by atoms with E-state index >= 15 is 0 Å². The van der Waals surface area contributed by atoms with E-state index in [9.17, 15) is 4.79 Å². The van der Waals surface area contributed by atoms with Gasteiger partial charge in [0.15, 0.2) is 5.65 Å². The minimum Gasteiger partial charge on any atom is -0.354 e. The molecule has 6 heteroatoms. The average molecular weight is 262 g/mol. The highest BCUT2D eigenvalue weighted by Crippen LogP contribution is 2.39. The molecule has 0 aliphatic carbocycles. The molecule has 0 radical (unpaired) electrons. The van der Waals surface area contributed by atoms with Gasteiger partial charge in [-0.15, -0.1) is 5.10 Å². The lowest BCUT2D eigenvalue weighted by Crippen LogP contribution is -2.27. The zero-order valence-electron chi connectivity index (χ0n) is 11.3. The second-order valence-electron chi connectivity index (χ2n) is 5.27. The topological polar surface area (TPSA) is 72.8 Å². The fourth-order valence-corrected chi connectivity index (χ4v) is 2.89. The number of nitrogens with zero attached hydrogens (tertiary/aromatic N) is 3. The number of rotatable bonds is 2. The number of aromatic amines is 1. The fraction of sp³-hybridized carbons (Fsp3) is 0.615. The summed E-state index contributed by atoms with van der Waals surface area (Å²) in [5, 5.41) is 10.7. The van der Waals surface area contributed by atoms with Gasteiger partial charge in [0.05, 0.1) is 6.10 Å². The molecular weight excluding hydrogens is 244 g/mol. The van der Waals surface area contributed by atoms with Crippen molar-refractivity contribution >= 4 is 11.2 Å². The van der Waals surface area contributed by atoms with Crippen molar-refractivity contribution in [2.75, 3.05) is 0 Å². The summed E-state index contributed by atoms with van der Waals surface area (Å²) in [4.78, 5) is 12.2. The maximum absolute atomic E-state index is 12.2. The lowest BCUT2D eigenvalue weighted by atomic mass is 9.91. The molecule has 0 bridgehead atoms. The van der Waals surface area contributed by atoms with Crippen molar-refractivity contribution in [2.24, 2.45) is 11.8 Å². The van der Waals surface area contributed by atoms with Crippen molar-refractivity contribution in [3.05, 3.63) is 22.5 Å². The van der Waals surface area contributed by atoms with Crippen LogP contribution in [-0.2, 0) is 4.74 Å². The van der Waals surface area contributed by atoms with Crippen LogP contribution in [0.1, 0.15) is 33.4 Å². The van der Waals surface area contributed by atoms with Gasteiger partial charge in [-0.25, -0.2) is 0 Å². The highest BCUT2D eigenvalue weighted by molar-refractivity contribution is 5.68. The molecule has 0 amide bonds. The normalized spacial score (nSPS) is 31.1. The molecule has 1 saturated heterocycles. The van der Waals surface area contributed by atoms with E-state index in [2.05, 4.69) is 36.2 Å². The van der Waals surface area contributed by atoms with Crippen LogP contribution in [0.25, 0.3) is 11.2 Å². The van der Waals surface area contributed by atoms with Gasteiger partial charge in [0.2, 0.25) is 0 Å². The van der Waals surface area contributed by atoms with E-state index < -0.39 is 0 Å². The Morgan fingerprint density at radius 1 is 1.32 bits per heavy atom. The molecule has 2 aromatic rings. The van der Waals surface area contributed by atoms with Crippen molar-refractivity contribution in [3.63, 3.8) is 0 Å². The Labute approximate surface area is 110 Å². The first-order valence-corrected chi connectivity index (χ1v) is 6.71. The van der Waals surface area contributed by atoms with Crippen LogP contribution in [0, 0.1) is 11.8 Å². The molecule has 3 rings (SSSR count). The quantitative estimate of drug-likeness (QED) is 0.894. The molecular formula is C13H18N4O2. The van der Waals surface area contributed by atoms with E-state index in [1.165, 1.54) is 6.07 Å². The number of hydrogen-bond acceptors (Lipinski definition) is 4. The number of nitrogens with one attached hydrogen (secondary N) is 1. The van der Waals surface area contributed by atoms with Gasteiger partial charge in [0.25, 0.3) is 5.56 Å². The highest BCUT2D eigenvalue weighted by Gasteiger charge is 2.40. The first kappa shape index (κ1) is 12.3. The molecule has 1 aliphatic rings. The third kappa shape index (κ3) is 1.78. The van der Waals surface area contributed by atoms with Crippen LogP contribution in [0.5, 0.6) is 0 Å². The van der Waals surface area contributed by atoms with Crippen LogP contribution in [0.3, 0.4) is 0 Å². The molecule has 0 saturated carbocycles. The number of pyridine rings is 1. The molecule has 0 aromatic carbocycles. The summed E-state index contributed by atoms with van der Waals surface area (Å²) >= 11 is 0. The third-order valence-electron chi connectivity index (χ3n) is 4.24. The van der Waals surface area contributed by atoms with Crippen LogP contribution in [-0.4, -0.2) is 26.1 Å². The lowest BCUT2D eigenvalue weighted by molar-refractivity contribution is -0.0136. The van der Waals surface area contributed by atoms with E-state index in [4.69, 9.17) is 4.74 Å². The van der Waals surface area contributed by atoms with Crippen LogP contribution in [0.15, 0.2) is 16.9 Å². The maximum atomic E-state index is 12.2. The first-order chi connectivity index (χ1) is 9.13. The van der Waals surface area contributed by atoms with Crippen molar-refractivity contribution in [1.29, 1.82) is 0 Å². The zero-order chi connectivity index (χ0) is 13.6. The molecule has 3 heterocycles. The van der Waals surface area contributed by atoms with Crippen LogP contribution < -0.4 is 5.56 Å². The van der Waals surface area contributed by atoms with Crippen LogP contribution in [0.4, 0.5) is 0 Å². The smallest absolute Gasteiger partial charge is 0.254 e. The standard InChI is InChI=1S/C13H18N4O2/c1-4-10-7(2)8(3)13(19-10)17-11(18)6-5-9-12(17)15-16-14-9/h5-8,10,13H,4H2,1-3H3,(H,14,15,16)/t7-,8?,10-,13-/m1/s1. The van der Waals surface area contributed by atoms with Gasteiger partial charge in [0.1, 0.15) is 11.7 Å². The largest absolute Gasteiger partial charge is 0.354 e. The summed E-state index contributed by atoms with van der Waals surface area (Å²) in [6, 6.07) is 3.20. The zero-order valence-corrected chi connectivity index (χ0v) is 11.3. The summed E-state index contributed by atoms with van der Waals surface area (Å²) in [5.41, 5.74) is 1.15. The lowest BCUT2D eigenvalue weighted by Gasteiger charge is -2.18. The van der Waals surface area contributed by atoms with E-state index in [1.807, 2.05) is 0 Å². The number of fused-ring (bicyclic) bond motifs is 1. The van der Waals surface area contributed by atoms with E-state index in [0.717, 1.165) is 6.42 Å². The van der Waals surface area contributed by atoms with Gasteiger partial charge in [-0.3, -0.25) is 9.36 Å². The van der Waals surface area contributed by atoms with Gasteiger partial charge in [-0.2, -0.15) is 10.3 Å². The maximum Gasteiger partial charge on any atom is 0.254 e. The molecule has 2 aromatic heterocycles. The SMILES string of the molecule is CC[C@H]1O[C@@H](n2c(=O)ccc3n[nH]nc32)C(C)[C@H]1C. The van der Waals surface area contributed by atoms with Gasteiger partial charge in [-0.05, 0) is 18.4 Å². The van der Waals surface area contributed by atoms with Gasteiger partial charge < -0.3 is 4.74 Å². The second-order valence-corrected chi connectivity index (χ2v) is 5.27. The number of aromatic nitrogens is 4. The third-order valence-corrected chi connectivity index (χ3v) is 4.24. The highest BCUT2D eigenvalue weighted by atomic mass is 16.5. The van der Waals surface area contributed by atoms with E-state index in [0.29, 0.717) is 17.1 Å². The Kier molecular flexibility index (Phi) is 2.89. The Bertz CT molecular complexity index is 647. The minimum atomic E-state index is -0.263. The number of hydrogen-bond donors (Lipinski definition) is 1. The molecule has 6 nitrogen and oxygen atoms in total. The second kappa shape index (κ2) is 4.45. The van der Waals surface area contributed by atoms with Crippen LogP contribution in [0.2, 0.25) is 0 Å². The molecule has 1 N–H and O–H groups in total.